The quantitative estimate of drug-likeness (QED) is 0.790. The van der Waals surface area contributed by atoms with Gasteiger partial charge in [0.1, 0.15) is 5.82 Å². The van der Waals surface area contributed by atoms with E-state index in [0.29, 0.717) is 12.6 Å². The Hall–Kier alpha value is -1.36. The topological polar surface area (TPSA) is 73.1 Å². The van der Waals surface area contributed by atoms with Crippen molar-refractivity contribution in [1.29, 1.82) is 0 Å². The Bertz CT molecular complexity index is 374. The molecular formula is C11H18N4O. The van der Waals surface area contributed by atoms with Crippen LogP contribution in [0.4, 0.5) is 11.8 Å². The Morgan fingerprint density at radius 3 is 3.06 bits per heavy atom. The summed E-state index contributed by atoms with van der Waals surface area (Å²) in [7, 11) is 0. The third-order valence-electron chi connectivity index (χ3n) is 2.85. The molecule has 1 aliphatic rings. The van der Waals surface area contributed by atoms with E-state index >= 15 is 0 Å². The summed E-state index contributed by atoms with van der Waals surface area (Å²) in [6, 6.07) is 0. The van der Waals surface area contributed by atoms with Gasteiger partial charge in [-0.25, -0.2) is 4.98 Å². The molecule has 0 aliphatic carbocycles. The summed E-state index contributed by atoms with van der Waals surface area (Å²) in [5.74, 6) is 1.11. The van der Waals surface area contributed by atoms with E-state index in [1.54, 1.807) is 6.20 Å². The molecule has 0 amide bonds. The lowest BCUT2D eigenvalue weighted by atomic mass is 9.95. The fourth-order valence-electron chi connectivity index (χ4n) is 1.90. The monoisotopic (exact) mass is 222 g/mol. The van der Waals surface area contributed by atoms with Crippen LogP contribution in [0, 0.1) is 6.92 Å². The maximum atomic E-state index is 5.58. The number of rotatable bonds is 2. The van der Waals surface area contributed by atoms with Crippen LogP contribution in [0.25, 0.3) is 0 Å². The lowest BCUT2D eigenvalue weighted by molar-refractivity contribution is 0.0538. The first kappa shape index (κ1) is 11.1. The Balaban J connectivity index is 2.15. The van der Waals surface area contributed by atoms with E-state index in [-0.39, 0.29) is 5.54 Å². The zero-order valence-electron chi connectivity index (χ0n) is 9.79. The van der Waals surface area contributed by atoms with Crippen molar-refractivity contribution in [3.8, 4) is 0 Å². The van der Waals surface area contributed by atoms with E-state index < -0.39 is 0 Å². The van der Waals surface area contributed by atoms with Crippen molar-refractivity contribution < 1.29 is 4.74 Å². The number of nitrogens with zero attached hydrogens (tertiary/aromatic N) is 2. The second-order valence-electron chi connectivity index (χ2n) is 4.60. The summed E-state index contributed by atoms with van der Waals surface area (Å²) in [6.07, 6.45) is 3.89. The molecule has 0 saturated carbocycles. The molecule has 1 saturated heterocycles. The molecule has 5 heteroatoms. The number of hydrogen-bond donors (Lipinski definition) is 2. The summed E-state index contributed by atoms with van der Waals surface area (Å²) < 4.78 is 5.49. The molecule has 1 unspecified atom stereocenters. The molecular weight excluding hydrogens is 204 g/mol. The lowest BCUT2D eigenvalue weighted by Crippen LogP contribution is -2.43. The van der Waals surface area contributed by atoms with Crippen LogP contribution in [-0.4, -0.2) is 28.7 Å². The number of hydrogen-bond acceptors (Lipinski definition) is 5. The lowest BCUT2D eigenvalue weighted by Gasteiger charge is -2.35. The highest BCUT2D eigenvalue weighted by atomic mass is 16.5. The first-order chi connectivity index (χ1) is 7.59. The molecule has 2 rings (SSSR count). The summed E-state index contributed by atoms with van der Waals surface area (Å²) in [4.78, 5) is 8.16. The molecule has 16 heavy (non-hydrogen) atoms. The molecule has 5 nitrogen and oxygen atoms in total. The van der Waals surface area contributed by atoms with Crippen molar-refractivity contribution in [3.05, 3.63) is 11.8 Å². The van der Waals surface area contributed by atoms with Crippen molar-refractivity contribution in [1.82, 2.24) is 9.97 Å². The van der Waals surface area contributed by atoms with Crippen LogP contribution in [0.5, 0.6) is 0 Å². The summed E-state index contributed by atoms with van der Waals surface area (Å²) in [5.41, 5.74) is 6.53. The van der Waals surface area contributed by atoms with Gasteiger partial charge in [0, 0.05) is 18.4 Å². The summed E-state index contributed by atoms with van der Waals surface area (Å²) in [5, 5.41) is 3.41. The predicted octanol–water partition coefficient (Wildman–Crippen LogP) is 1.35. The van der Waals surface area contributed by atoms with E-state index in [1.165, 1.54) is 0 Å². The van der Waals surface area contributed by atoms with Gasteiger partial charge in [-0.05, 0) is 26.7 Å². The van der Waals surface area contributed by atoms with Gasteiger partial charge >= 0.3 is 0 Å². The maximum absolute atomic E-state index is 5.58. The molecule has 3 N–H and O–H groups in total. The number of nitrogen functional groups attached to an aromatic ring is 1. The summed E-state index contributed by atoms with van der Waals surface area (Å²) in [6.45, 7) is 5.66. The van der Waals surface area contributed by atoms with Crippen molar-refractivity contribution in [2.75, 3.05) is 24.3 Å². The van der Waals surface area contributed by atoms with Crippen molar-refractivity contribution in [3.63, 3.8) is 0 Å². The van der Waals surface area contributed by atoms with Crippen LogP contribution in [0.3, 0.4) is 0 Å². The SMILES string of the molecule is Cc1cnc(N)nc1NC1(C)CCCOC1. The first-order valence-corrected chi connectivity index (χ1v) is 5.54. The third-order valence-corrected chi connectivity index (χ3v) is 2.85. The molecule has 1 aromatic rings. The minimum Gasteiger partial charge on any atom is -0.379 e. The Morgan fingerprint density at radius 1 is 1.56 bits per heavy atom. The minimum atomic E-state index is -0.0518. The van der Waals surface area contributed by atoms with Crippen molar-refractivity contribution in [2.24, 2.45) is 0 Å². The fraction of sp³-hybridized carbons (Fsp3) is 0.636. The van der Waals surface area contributed by atoms with Gasteiger partial charge in [0.05, 0.1) is 12.1 Å². The van der Waals surface area contributed by atoms with Gasteiger partial charge in [0.15, 0.2) is 0 Å². The molecule has 1 atom stereocenters. The van der Waals surface area contributed by atoms with Gasteiger partial charge in [-0.1, -0.05) is 0 Å². The average Bonchev–Trinajstić information content (AvgIpc) is 2.24. The van der Waals surface area contributed by atoms with Gasteiger partial charge in [0.2, 0.25) is 5.95 Å². The highest BCUT2D eigenvalue weighted by molar-refractivity contribution is 5.47. The fourth-order valence-corrected chi connectivity index (χ4v) is 1.90. The number of ether oxygens (including phenoxy) is 1. The van der Waals surface area contributed by atoms with E-state index in [2.05, 4.69) is 22.2 Å². The van der Waals surface area contributed by atoms with Crippen molar-refractivity contribution >= 4 is 11.8 Å². The highest BCUT2D eigenvalue weighted by Crippen LogP contribution is 2.24. The van der Waals surface area contributed by atoms with E-state index in [0.717, 1.165) is 30.8 Å². The van der Waals surface area contributed by atoms with Crippen LogP contribution >= 0.6 is 0 Å². The smallest absolute Gasteiger partial charge is 0.221 e. The van der Waals surface area contributed by atoms with Crippen molar-refractivity contribution in [2.45, 2.75) is 32.2 Å². The number of nitrogens with one attached hydrogen (secondary N) is 1. The highest BCUT2D eigenvalue weighted by Gasteiger charge is 2.28. The normalized spacial score (nSPS) is 25.4. The van der Waals surface area contributed by atoms with Gasteiger partial charge < -0.3 is 15.8 Å². The second-order valence-corrected chi connectivity index (χ2v) is 4.60. The molecule has 88 valence electrons. The third kappa shape index (κ3) is 2.41. The average molecular weight is 222 g/mol. The van der Waals surface area contributed by atoms with Crippen LogP contribution in [0.2, 0.25) is 0 Å². The molecule has 1 aliphatic heterocycles. The standard InChI is InChI=1S/C11H18N4O/c1-8-6-13-10(12)14-9(8)15-11(2)4-3-5-16-7-11/h6H,3-5,7H2,1-2H3,(H3,12,13,14,15). The number of aromatic nitrogens is 2. The number of aryl methyl sites for hydroxylation is 1. The number of nitrogens with two attached hydrogens (primary N) is 1. The van der Waals surface area contributed by atoms with Gasteiger partial charge in [-0.15, -0.1) is 0 Å². The van der Waals surface area contributed by atoms with E-state index in [1.807, 2.05) is 6.92 Å². The van der Waals surface area contributed by atoms with Gasteiger partial charge in [-0.2, -0.15) is 4.98 Å². The second kappa shape index (κ2) is 4.25. The first-order valence-electron chi connectivity index (χ1n) is 5.54. The molecule has 0 aromatic carbocycles. The largest absolute Gasteiger partial charge is 0.379 e. The molecule has 1 fully saturated rings. The van der Waals surface area contributed by atoms with Crippen LogP contribution in [0.15, 0.2) is 6.20 Å². The van der Waals surface area contributed by atoms with Gasteiger partial charge in [-0.3, -0.25) is 0 Å². The predicted molar refractivity (Wildman–Crippen MR) is 63.3 cm³/mol. The Labute approximate surface area is 95.4 Å². The van der Waals surface area contributed by atoms with Crippen LogP contribution in [0.1, 0.15) is 25.3 Å². The van der Waals surface area contributed by atoms with Gasteiger partial charge in [0.25, 0.3) is 0 Å². The zero-order chi connectivity index (χ0) is 11.6. The van der Waals surface area contributed by atoms with Crippen LogP contribution in [-0.2, 0) is 4.74 Å². The Morgan fingerprint density at radius 2 is 2.38 bits per heavy atom. The zero-order valence-corrected chi connectivity index (χ0v) is 9.79. The van der Waals surface area contributed by atoms with E-state index in [9.17, 15) is 0 Å². The maximum Gasteiger partial charge on any atom is 0.221 e. The van der Waals surface area contributed by atoms with E-state index in [4.69, 9.17) is 10.5 Å². The molecule has 0 radical (unpaired) electrons. The molecule has 2 heterocycles. The Kier molecular flexibility index (Phi) is 2.96. The summed E-state index contributed by atoms with van der Waals surface area (Å²) >= 11 is 0. The molecule has 0 bridgehead atoms. The molecule has 0 spiro atoms. The minimum absolute atomic E-state index is 0.0518. The van der Waals surface area contributed by atoms with Crippen LogP contribution < -0.4 is 11.1 Å². The molecule has 1 aromatic heterocycles. The number of anilines is 2.